The SMILES string of the molecule is O=C(NC1CCOC(c2ccncc2)C1)C1CC1c1ccccc1OC(F)F. The maximum Gasteiger partial charge on any atom is 0.387 e. The fourth-order valence-corrected chi connectivity index (χ4v) is 3.87. The molecule has 0 spiro atoms. The summed E-state index contributed by atoms with van der Waals surface area (Å²) in [5.74, 6) is -0.158. The number of para-hydroxylation sites is 1. The number of rotatable bonds is 6. The number of amides is 1. The Hall–Kier alpha value is -2.54. The van der Waals surface area contributed by atoms with Gasteiger partial charge in [0.15, 0.2) is 0 Å². The molecule has 0 bridgehead atoms. The second kappa shape index (κ2) is 8.22. The molecule has 5 nitrogen and oxygen atoms in total. The van der Waals surface area contributed by atoms with E-state index in [1.807, 2.05) is 12.1 Å². The zero-order valence-corrected chi connectivity index (χ0v) is 15.3. The number of alkyl halides is 2. The van der Waals surface area contributed by atoms with E-state index in [4.69, 9.17) is 4.74 Å². The lowest BCUT2D eigenvalue weighted by atomic mass is 9.98. The predicted octanol–water partition coefficient (Wildman–Crippen LogP) is 3.82. The van der Waals surface area contributed by atoms with Crippen molar-refractivity contribution in [3.8, 4) is 5.75 Å². The van der Waals surface area contributed by atoms with Crippen molar-refractivity contribution in [2.24, 2.45) is 5.92 Å². The summed E-state index contributed by atoms with van der Waals surface area (Å²) in [6, 6.07) is 10.6. The Morgan fingerprint density at radius 2 is 1.96 bits per heavy atom. The summed E-state index contributed by atoms with van der Waals surface area (Å²) in [4.78, 5) is 16.7. The van der Waals surface area contributed by atoms with Crippen molar-refractivity contribution in [3.05, 3.63) is 59.9 Å². The van der Waals surface area contributed by atoms with Gasteiger partial charge in [-0.05, 0) is 54.5 Å². The van der Waals surface area contributed by atoms with E-state index in [1.165, 1.54) is 6.07 Å². The molecule has 28 heavy (non-hydrogen) atoms. The third-order valence-electron chi connectivity index (χ3n) is 5.37. The first-order valence-electron chi connectivity index (χ1n) is 9.47. The van der Waals surface area contributed by atoms with Crippen LogP contribution < -0.4 is 10.1 Å². The molecule has 0 radical (unpaired) electrons. The van der Waals surface area contributed by atoms with Crippen LogP contribution in [0.5, 0.6) is 5.75 Å². The van der Waals surface area contributed by atoms with Crippen LogP contribution in [-0.4, -0.2) is 30.2 Å². The molecule has 1 aromatic carbocycles. The summed E-state index contributed by atoms with van der Waals surface area (Å²) < 4.78 is 35.6. The average Bonchev–Trinajstić information content (AvgIpc) is 3.50. The van der Waals surface area contributed by atoms with Gasteiger partial charge in [-0.1, -0.05) is 18.2 Å². The van der Waals surface area contributed by atoms with Gasteiger partial charge in [0.2, 0.25) is 5.91 Å². The molecule has 7 heteroatoms. The standard InChI is InChI=1S/C21H22F2N2O3/c22-21(23)28-18-4-2-1-3-15(18)16-12-17(16)20(26)25-14-7-10-27-19(11-14)13-5-8-24-9-6-13/h1-6,8-9,14,16-17,19,21H,7,10-12H2,(H,25,26). The van der Waals surface area contributed by atoms with Crippen molar-refractivity contribution in [2.45, 2.75) is 43.9 Å². The molecule has 2 aromatic rings. The number of halogens is 2. The minimum Gasteiger partial charge on any atom is -0.435 e. The highest BCUT2D eigenvalue weighted by Gasteiger charge is 2.46. The van der Waals surface area contributed by atoms with Gasteiger partial charge in [0, 0.05) is 31.0 Å². The second-order valence-corrected chi connectivity index (χ2v) is 7.23. The van der Waals surface area contributed by atoms with E-state index < -0.39 is 6.61 Å². The molecule has 2 aliphatic rings. The van der Waals surface area contributed by atoms with E-state index in [1.54, 1.807) is 30.6 Å². The van der Waals surface area contributed by atoms with Crippen LogP contribution >= 0.6 is 0 Å². The summed E-state index contributed by atoms with van der Waals surface area (Å²) in [6.07, 6.45) is 5.51. The van der Waals surface area contributed by atoms with Gasteiger partial charge in [-0.2, -0.15) is 8.78 Å². The van der Waals surface area contributed by atoms with Gasteiger partial charge in [0.05, 0.1) is 6.10 Å². The van der Waals surface area contributed by atoms with Crippen molar-refractivity contribution >= 4 is 5.91 Å². The van der Waals surface area contributed by atoms with E-state index in [0.717, 1.165) is 12.0 Å². The minimum absolute atomic E-state index is 0.0303. The normalized spacial score (nSPS) is 26.7. The van der Waals surface area contributed by atoms with E-state index in [9.17, 15) is 13.6 Å². The van der Waals surface area contributed by atoms with Gasteiger partial charge < -0.3 is 14.8 Å². The van der Waals surface area contributed by atoms with E-state index >= 15 is 0 Å². The summed E-state index contributed by atoms with van der Waals surface area (Å²) in [6.45, 7) is -2.29. The Morgan fingerprint density at radius 3 is 2.75 bits per heavy atom. The van der Waals surface area contributed by atoms with Crippen molar-refractivity contribution in [3.63, 3.8) is 0 Å². The number of ether oxygens (including phenoxy) is 2. The molecular weight excluding hydrogens is 366 g/mol. The fraction of sp³-hybridized carbons (Fsp3) is 0.429. The highest BCUT2D eigenvalue weighted by Crippen LogP contribution is 2.50. The van der Waals surface area contributed by atoms with Gasteiger partial charge in [-0.15, -0.1) is 0 Å². The Labute approximate surface area is 162 Å². The van der Waals surface area contributed by atoms with Gasteiger partial charge >= 0.3 is 6.61 Å². The molecule has 1 N–H and O–H groups in total. The van der Waals surface area contributed by atoms with Crippen LogP contribution in [0.1, 0.15) is 42.4 Å². The Bertz CT molecular complexity index is 818. The number of nitrogens with one attached hydrogen (secondary N) is 1. The first kappa shape index (κ1) is 18.8. The largest absolute Gasteiger partial charge is 0.435 e. The second-order valence-electron chi connectivity index (χ2n) is 7.23. The molecule has 1 aliphatic heterocycles. The van der Waals surface area contributed by atoms with Crippen LogP contribution in [0.2, 0.25) is 0 Å². The third-order valence-corrected chi connectivity index (χ3v) is 5.37. The number of pyridine rings is 1. The van der Waals surface area contributed by atoms with Gasteiger partial charge in [0.1, 0.15) is 5.75 Å². The zero-order valence-electron chi connectivity index (χ0n) is 15.3. The summed E-state index contributed by atoms with van der Waals surface area (Å²) >= 11 is 0. The van der Waals surface area contributed by atoms with Gasteiger partial charge in [-0.3, -0.25) is 9.78 Å². The zero-order chi connectivity index (χ0) is 19.5. The smallest absolute Gasteiger partial charge is 0.387 e. The number of carbonyl (C=O) groups excluding carboxylic acids is 1. The van der Waals surface area contributed by atoms with Crippen LogP contribution in [0.3, 0.4) is 0 Å². The lowest BCUT2D eigenvalue weighted by Gasteiger charge is -2.30. The monoisotopic (exact) mass is 388 g/mol. The maximum atomic E-state index is 12.7. The highest BCUT2D eigenvalue weighted by molar-refractivity contribution is 5.83. The molecule has 1 saturated carbocycles. The average molecular weight is 388 g/mol. The molecule has 1 aliphatic carbocycles. The van der Waals surface area contributed by atoms with Crippen LogP contribution in [0.15, 0.2) is 48.8 Å². The van der Waals surface area contributed by atoms with E-state index in [-0.39, 0.29) is 35.6 Å². The molecule has 1 amide bonds. The lowest BCUT2D eigenvalue weighted by molar-refractivity contribution is -0.124. The van der Waals surface area contributed by atoms with Crippen LogP contribution in [-0.2, 0) is 9.53 Å². The maximum absolute atomic E-state index is 12.7. The number of benzene rings is 1. The van der Waals surface area contributed by atoms with Gasteiger partial charge in [-0.25, -0.2) is 0 Å². The number of aromatic nitrogens is 1. The van der Waals surface area contributed by atoms with E-state index in [2.05, 4.69) is 15.0 Å². The molecule has 148 valence electrons. The van der Waals surface area contributed by atoms with Crippen LogP contribution in [0, 0.1) is 5.92 Å². The topological polar surface area (TPSA) is 60.5 Å². The predicted molar refractivity (Wildman–Crippen MR) is 98.0 cm³/mol. The number of hydrogen-bond acceptors (Lipinski definition) is 4. The van der Waals surface area contributed by atoms with Crippen molar-refractivity contribution in [1.82, 2.24) is 10.3 Å². The van der Waals surface area contributed by atoms with Gasteiger partial charge in [0.25, 0.3) is 0 Å². The summed E-state index contributed by atoms with van der Waals surface area (Å²) in [5.41, 5.74) is 1.72. The van der Waals surface area contributed by atoms with Crippen LogP contribution in [0.4, 0.5) is 8.78 Å². The van der Waals surface area contributed by atoms with Crippen molar-refractivity contribution < 1.29 is 23.0 Å². The van der Waals surface area contributed by atoms with Crippen molar-refractivity contribution in [2.75, 3.05) is 6.61 Å². The quantitative estimate of drug-likeness (QED) is 0.817. The Balaban J connectivity index is 1.35. The minimum atomic E-state index is -2.88. The molecule has 4 atom stereocenters. The first-order valence-corrected chi connectivity index (χ1v) is 9.47. The fourth-order valence-electron chi connectivity index (χ4n) is 3.87. The molecule has 4 rings (SSSR count). The van der Waals surface area contributed by atoms with Crippen molar-refractivity contribution in [1.29, 1.82) is 0 Å². The lowest BCUT2D eigenvalue weighted by Crippen LogP contribution is -2.40. The number of nitrogens with zero attached hydrogens (tertiary/aromatic N) is 1. The number of hydrogen-bond donors (Lipinski definition) is 1. The molecule has 1 aromatic heterocycles. The third kappa shape index (κ3) is 4.30. The Kier molecular flexibility index (Phi) is 5.52. The first-order chi connectivity index (χ1) is 13.6. The highest BCUT2D eigenvalue weighted by atomic mass is 19.3. The van der Waals surface area contributed by atoms with E-state index in [0.29, 0.717) is 25.0 Å². The molecular formula is C21H22F2N2O3. The number of carbonyl (C=O) groups is 1. The summed E-state index contributed by atoms with van der Waals surface area (Å²) in [7, 11) is 0. The molecule has 1 saturated heterocycles. The van der Waals surface area contributed by atoms with Crippen LogP contribution in [0.25, 0.3) is 0 Å². The molecule has 2 heterocycles. The molecule has 4 unspecified atom stereocenters. The molecule has 2 fully saturated rings. The summed E-state index contributed by atoms with van der Waals surface area (Å²) in [5, 5.41) is 3.12. The Morgan fingerprint density at radius 1 is 1.18 bits per heavy atom.